The standard InChI is InChI=1S/C21H35N5O2.HI/c1-3-15-25-16-12-19(13-17-25)24-21(22-4-2)23-14-6-5-7-18-8-10-20(11-9-18)26(27)28;/h8-11,19H,3-7,12-17H2,1-2H3,(H2,22,23,24);1H. The average Bonchev–Trinajstić information content (AvgIpc) is 2.70. The number of nitro benzene ring substituents is 1. The summed E-state index contributed by atoms with van der Waals surface area (Å²) in [6.07, 6.45) is 6.52. The van der Waals surface area contributed by atoms with Gasteiger partial charge in [-0.1, -0.05) is 19.1 Å². The number of guanidine groups is 1. The van der Waals surface area contributed by atoms with Crippen LogP contribution < -0.4 is 10.6 Å². The van der Waals surface area contributed by atoms with Crippen LogP contribution in [-0.4, -0.2) is 54.5 Å². The number of hydrogen-bond donors (Lipinski definition) is 2. The zero-order valence-corrected chi connectivity index (χ0v) is 20.1. The molecule has 0 spiro atoms. The molecule has 164 valence electrons. The molecule has 0 amide bonds. The van der Waals surface area contributed by atoms with E-state index in [-0.39, 0.29) is 34.6 Å². The number of benzene rings is 1. The molecule has 1 aromatic rings. The molecular weight excluding hydrogens is 481 g/mol. The smallest absolute Gasteiger partial charge is 0.269 e. The molecule has 8 heteroatoms. The topological polar surface area (TPSA) is 82.8 Å². The van der Waals surface area contributed by atoms with Crippen LogP contribution in [0.25, 0.3) is 0 Å². The number of rotatable bonds is 10. The first-order valence-electron chi connectivity index (χ1n) is 10.6. The molecule has 1 aliphatic rings. The number of likely N-dealkylation sites (tertiary alicyclic amines) is 1. The normalized spacial score (nSPS) is 15.6. The molecule has 2 rings (SSSR count). The Bertz CT molecular complexity index is 616. The maximum atomic E-state index is 10.7. The fourth-order valence-corrected chi connectivity index (χ4v) is 3.55. The van der Waals surface area contributed by atoms with Crippen molar-refractivity contribution in [2.24, 2.45) is 4.99 Å². The fraction of sp³-hybridized carbons (Fsp3) is 0.667. The third-order valence-corrected chi connectivity index (χ3v) is 5.10. The van der Waals surface area contributed by atoms with Crippen molar-refractivity contribution in [2.75, 3.05) is 32.7 Å². The Hall–Kier alpha value is -1.42. The molecule has 0 aliphatic carbocycles. The molecule has 0 saturated carbocycles. The molecule has 2 N–H and O–H groups in total. The summed E-state index contributed by atoms with van der Waals surface area (Å²) in [7, 11) is 0. The van der Waals surface area contributed by atoms with Crippen molar-refractivity contribution in [1.29, 1.82) is 0 Å². The van der Waals surface area contributed by atoms with Crippen molar-refractivity contribution in [3.05, 3.63) is 39.9 Å². The van der Waals surface area contributed by atoms with E-state index in [4.69, 9.17) is 4.99 Å². The van der Waals surface area contributed by atoms with E-state index in [0.717, 1.165) is 43.9 Å². The molecule has 0 radical (unpaired) electrons. The lowest BCUT2D eigenvalue weighted by Crippen LogP contribution is -2.48. The van der Waals surface area contributed by atoms with Crippen LogP contribution in [0.4, 0.5) is 5.69 Å². The molecular formula is C21H36IN5O2. The summed E-state index contributed by atoms with van der Waals surface area (Å²) in [4.78, 5) is 17.6. The van der Waals surface area contributed by atoms with Crippen molar-refractivity contribution in [3.63, 3.8) is 0 Å². The van der Waals surface area contributed by atoms with E-state index in [1.165, 1.54) is 38.9 Å². The minimum absolute atomic E-state index is 0. The number of halogens is 1. The van der Waals surface area contributed by atoms with Gasteiger partial charge in [-0.25, -0.2) is 0 Å². The Morgan fingerprint density at radius 2 is 1.90 bits per heavy atom. The van der Waals surface area contributed by atoms with E-state index in [2.05, 4.69) is 29.4 Å². The highest BCUT2D eigenvalue weighted by molar-refractivity contribution is 14.0. The van der Waals surface area contributed by atoms with Gasteiger partial charge >= 0.3 is 0 Å². The van der Waals surface area contributed by atoms with Crippen molar-refractivity contribution in [2.45, 2.75) is 58.4 Å². The summed E-state index contributed by atoms with van der Waals surface area (Å²) in [6.45, 7) is 9.52. The maximum Gasteiger partial charge on any atom is 0.269 e. The first kappa shape index (κ1) is 25.6. The second-order valence-corrected chi connectivity index (χ2v) is 7.40. The van der Waals surface area contributed by atoms with Gasteiger partial charge in [0.15, 0.2) is 5.96 Å². The number of nitro groups is 1. The lowest BCUT2D eigenvalue weighted by molar-refractivity contribution is -0.384. The van der Waals surface area contributed by atoms with E-state index in [1.807, 2.05) is 12.1 Å². The van der Waals surface area contributed by atoms with Gasteiger partial charge in [0.2, 0.25) is 0 Å². The minimum Gasteiger partial charge on any atom is -0.357 e. The van der Waals surface area contributed by atoms with Crippen LogP contribution in [-0.2, 0) is 6.42 Å². The molecule has 1 fully saturated rings. The third kappa shape index (κ3) is 9.75. The van der Waals surface area contributed by atoms with Crippen LogP contribution >= 0.6 is 24.0 Å². The van der Waals surface area contributed by atoms with E-state index in [1.54, 1.807) is 12.1 Å². The number of non-ortho nitro benzene ring substituents is 1. The molecule has 1 heterocycles. The van der Waals surface area contributed by atoms with Crippen LogP contribution in [0.5, 0.6) is 0 Å². The summed E-state index contributed by atoms with van der Waals surface area (Å²) >= 11 is 0. The highest BCUT2D eigenvalue weighted by Crippen LogP contribution is 2.14. The van der Waals surface area contributed by atoms with Crippen molar-refractivity contribution >= 4 is 35.6 Å². The first-order chi connectivity index (χ1) is 13.6. The molecule has 0 aromatic heterocycles. The maximum absolute atomic E-state index is 10.7. The molecule has 7 nitrogen and oxygen atoms in total. The number of piperidine rings is 1. The lowest BCUT2D eigenvalue weighted by Gasteiger charge is -2.32. The van der Waals surface area contributed by atoms with Gasteiger partial charge in [0, 0.05) is 44.4 Å². The first-order valence-corrected chi connectivity index (χ1v) is 10.6. The molecule has 29 heavy (non-hydrogen) atoms. The van der Waals surface area contributed by atoms with Gasteiger partial charge in [-0.05, 0) is 57.6 Å². The van der Waals surface area contributed by atoms with Gasteiger partial charge < -0.3 is 15.5 Å². The predicted molar refractivity (Wildman–Crippen MR) is 130 cm³/mol. The largest absolute Gasteiger partial charge is 0.357 e. The van der Waals surface area contributed by atoms with E-state index >= 15 is 0 Å². The van der Waals surface area contributed by atoms with Crippen LogP contribution in [0.2, 0.25) is 0 Å². The monoisotopic (exact) mass is 517 g/mol. The van der Waals surface area contributed by atoms with E-state index in [9.17, 15) is 10.1 Å². The van der Waals surface area contributed by atoms with Crippen LogP contribution in [0.1, 0.15) is 51.5 Å². The SMILES string of the molecule is CCCN1CCC(NC(=NCCCCc2ccc([N+](=O)[O-])cc2)NCC)CC1.I. The molecule has 1 aromatic carbocycles. The summed E-state index contributed by atoms with van der Waals surface area (Å²) in [5.41, 5.74) is 1.29. The van der Waals surface area contributed by atoms with Gasteiger partial charge in [-0.15, -0.1) is 24.0 Å². The van der Waals surface area contributed by atoms with Gasteiger partial charge in [0.05, 0.1) is 4.92 Å². The van der Waals surface area contributed by atoms with Gasteiger partial charge in [0.25, 0.3) is 5.69 Å². The zero-order valence-electron chi connectivity index (χ0n) is 17.7. The molecule has 1 saturated heterocycles. The van der Waals surface area contributed by atoms with Crippen molar-refractivity contribution in [3.8, 4) is 0 Å². The number of aryl methyl sites for hydroxylation is 1. The quantitative estimate of drug-likeness (QED) is 0.123. The third-order valence-electron chi connectivity index (χ3n) is 5.10. The van der Waals surface area contributed by atoms with Crippen LogP contribution in [0.15, 0.2) is 29.3 Å². The summed E-state index contributed by atoms with van der Waals surface area (Å²) in [6, 6.07) is 7.35. The number of hydrogen-bond acceptors (Lipinski definition) is 4. The number of unbranched alkanes of at least 4 members (excludes halogenated alkanes) is 1. The Balaban J connectivity index is 0.00000420. The Morgan fingerprint density at radius 1 is 1.21 bits per heavy atom. The predicted octanol–water partition coefficient (Wildman–Crippen LogP) is 3.97. The van der Waals surface area contributed by atoms with Gasteiger partial charge in [-0.2, -0.15) is 0 Å². The Morgan fingerprint density at radius 3 is 2.48 bits per heavy atom. The highest BCUT2D eigenvalue weighted by atomic mass is 127. The minimum atomic E-state index is -0.360. The van der Waals surface area contributed by atoms with Gasteiger partial charge in [0.1, 0.15) is 0 Å². The van der Waals surface area contributed by atoms with Gasteiger partial charge in [-0.3, -0.25) is 15.1 Å². The Labute approximate surface area is 191 Å². The van der Waals surface area contributed by atoms with Crippen LogP contribution in [0, 0.1) is 10.1 Å². The number of aliphatic imine (C=N–C) groups is 1. The molecule has 0 bridgehead atoms. The fourth-order valence-electron chi connectivity index (χ4n) is 3.55. The Kier molecular flexibility index (Phi) is 12.8. The lowest BCUT2D eigenvalue weighted by atomic mass is 10.1. The summed E-state index contributed by atoms with van der Waals surface area (Å²) in [5, 5.41) is 17.6. The molecule has 0 atom stereocenters. The number of nitrogens with one attached hydrogen (secondary N) is 2. The van der Waals surface area contributed by atoms with E-state index in [0.29, 0.717) is 6.04 Å². The second kappa shape index (κ2) is 14.5. The highest BCUT2D eigenvalue weighted by Gasteiger charge is 2.19. The zero-order chi connectivity index (χ0) is 20.2. The number of nitrogens with zero attached hydrogens (tertiary/aromatic N) is 3. The van der Waals surface area contributed by atoms with E-state index < -0.39 is 0 Å². The van der Waals surface area contributed by atoms with Crippen molar-refractivity contribution < 1.29 is 4.92 Å². The average molecular weight is 517 g/mol. The van der Waals surface area contributed by atoms with Crippen LogP contribution in [0.3, 0.4) is 0 Å². The summed E-state index contributed by atoms with van der Waals surface area (Å²) < 4.78 is 0. The molecule has 0 unspecified atom stereocenters. The molecule has 1 aliphatic heterocycles. The second-order valence-electron chi connectivity index (χ2n) is 7.40. The van der Waals surface area contributed by atoms with Crippen molar-refractivity contribution in [1.82, 2.24) is 15.5 Å². The summed E-state index contributed by atoms with van der Waals surface area (Å²) in [5.74, 6) is 0.923.